The fourth-order valence-corrected chi connectivity index (χ4v) is 3.11. The molecule has 0 fully saturated rings. The summed E-state index contributed by atoms with van der Waals surface area (Å²) >= 11 is 0. The average molecular weight is 336 g/mol. The van der Waals surface area contributed by atoms with Crippen molar-refractivity contribution in [2.75, 3.05) is 0 Å². The summed E-state index contributed by atoms with van der Waals surface area (Å²) in [4.78, 5) is 35.6. The van der Waals surface area contributed by atoms with Crippen LogP contribution in [0.1, 0.15) is 33.8 Å². The number of carboxylic acids is 1. The van der Waals surface area contributed by atoms with Gasteiger partial charge in [-0.15, -0.1) is 0 Å². The first-order valence-corrected chi connectivity index (χ1v) is 7.64. The van der Waals surface area contributed by atoms with Crippen molar-refractivity contribution >= 4 is 22.9 Å². The van der Waals surface area contributed by atoms with Gasteiger partial charge in [-0.2, -0.15) is 0 Å². The monoisotopic (exact) mass is 336 g/mol. The van der Waals surface area contributed by atoms with E-state index in [1.54, 1.807) is 36.4 Å². The van der Waals surface area contributed by atoms with Gasteiger partial charge >= 0.3 is 17.6 Å². The Morgan fingerprint density at radius 1 is 1.04 bits per heavy atom. The average Bonchev–Trinajstić information content (AvgIpc) is 2.61. The minimum Gasteiger partial charge on any atom is -0.478 e. The van der Waals surface area contributed by atoms with Crippen molar-refractivity contribution in [2.24, 2.45) is 0 Å². The van der Waals surface area contributed by atoms with E-state index in [2.05, 4.69) is 0 Å². The van der Waals surface area contributed by atoms with Crippen LogP contribution in [-0.4, -0.2) is 17.0 Å². The number of hydrogen-bond donors (Lipinski definition) is 1. The Morgan fingerprint density at radius 2 is 1.76 bits per heavy atom. The van der Waals surface area contributed by atoms with Gasteiger partial charge in [-0.05, 0) is 29.8 Å². The van der Waals surface area contributed by atoms with Gasteiger partial charge in [-0.25, -0.2) is 9.59 Å². The maximum Gasteiger partial charge on any atom is 0.343 e. The van der Waals surface area contributed by atoms with Crippen LogP contribution in [-0.2, 0) is 4.79 Å². The molecule has 1 aliphatic heterocycles. The summed E-state index contributed by atoms with van der Waals surface area (Å²) in [7, 11) is 0. The van der Waals surface area contributed by atoms with Crippen molar-refractivity contribution in [1.82, 2.24) is 0 Å². The van der Waals surface area contributed by atoms with Crippen LogP contribution < -0.4 is 10.4 Å². The van der Waals surface area contributed by atoms with Crippen LogP contribution in [0, 0.1) is 0 Å². The lowest BCUT2D eigenvalue weighted by Gasteiger charge is -2.24. The Hall–Kier alpha value is -3.41. The van der Waals surface area contributed by atoms with Crippen LogP contribution in [0.4, 0.5) is 0 Å². The zero-order chi connectivity index (χ0) is 17.6. The summed E-state index contributed by atoms with van der Waals surface area (Å²) in [5.41, 5.74) is 0.856. The topological polar surface area (TPSA) is 93.8 Å². The maximum absolute atomic E-state index is 12.5. The summed E-state index contributed by atoms with van der Waals surface area (Å²) in [6, 6.07) is 12.9. The van der Waals surface area contributed by atoms with Crippen LogP contribution in [0.5, 0.6) is 5.75 Å². The molecule has 124 valence electrons. The van der Waals surface area contributed by atoms with E-state index in [1.165, 1.54) is 12.1 Å². The molecule has 0 saturated heterocycles. The number of benzene rings is 2. The second kappa shape index (κ2) is 5.59. The van der Waals surface area contributed by atoms with E-state index < -0.39 is 23.5 Å². The molecule has 1 N–H and O–H groups in total. The van der Waals surface area contributed by atoms with Gasteiger partial charge in [0.25, 0.3) is 0 Å². The summed E-state index contributed by atoms with van der Waals surface area (Å²) in [5, 5.41) is 9.56. The Bertz CT molecular complexity index is 1060. The lowest BCUT2D eigenvalue weighted by Crippen LogP contribution is -2.26. The molecule has 6 heteroatoms. The number of hydrogen-bond acceptors (Lipinski definition) is 5. The number of rotatable bonds is 2. The van der Waals surface area contributed by atoms with Crippen molar-refractivity contribution in [3.05, 3.63) is 75.6 Å². The molecule has 1 aliphatic rings. The van der Waals surface area contributed by atoms with Crippen LogP contribution in [0.25, 0.3) is 11.0 Å². The van der Waals surface area contributed by atoms with Gasteiger partial charge in [-0.1, -0.05) is 24.3 Å². The summed E-state index contributed by atoms with van der Waals surface area (Å²) in [5.74, 6) is -1.81. The molecule has 0 aliphatic carbocycles. The molecule has 0 spiro atoms. The highest BCUT2D eigenvalue weighted by molar-refractivity contribution is 5.90. The lowest BCUT2D eigenvalue weighted by molar-refractivity contribution is -0.135. The third-order valence-corrected chi connectivity index (χ3v) is 4.29. The lowest BCUT2D eigenvalue weighted by atomic mass is 9.86. The molecule has 6 nitrogen and oxygen atoms in total. The van der Waals surface area contributed by atoms with E-state index in [9.17, 15) is 14.4 Å². The molecule has 4 rings (SSSR count). The van der Waals surface area contributed by atoms with Gasteiger partial charge < -0.3 is 14.3 Å². The number of carbonyl (C=O) groups excluding carboxylic acids is 1. The number of carbonyl (C=O) groups is 2. The number of esters is 1. The van der Waals surface area contributed by atoms with Crippen molar-refractivity contribution in [3.8, 4) is 5.75 Å². The van der Waals surface area contributed by atoms with E-state index in [-0.39, 0.29) is 23.3 Å². The quantitative estimate of drug-likeness (QED) is 0.571. The SMILES string of the molecule is O=C1C[C@@H](c2ccc(C(=O)O)cc2)c2c(c3ccccc3oc2=O)O1. The van der Waals surface area contributed by atoms with Gasteiger partial charge in [0.05, 0.1) is 22.9 Å². The van der Waals surface area contributed by atoms with Crippen molar-refractivity contribution < 1.29 is 23.8 Å². The zero-order valence-corrected chi connectivity index (χ0v) is 12.9. The third-order valence-electron chi connectivity index (χ3n) is 4.29. The summed E-state index contributed by atoms with van der Waals surface area (Å²) in [6.07, 6.45) is -0.0114. The van der Waals surface area contributed by atoms with E-state index in [0.717, 1.165) is 0 Å². The van der Waals surface area contributed by atoms with Crippen molar-refractivity contribution in [1.29, 1.82) is 0 Å². The molecule has 0 saturated carbocycles. The number of para-hydroxylation sites is 1. The van der Waals surface area contributed by atoms with E-state index >= 15 is 0 Å². The summed E-state index contributed by atoms with van der Waals surface area (Å²) in [6.45, 7) is 0. The molecule has 1 atom stereocenters. The predicted molar refractivity (Wildman–Crippen MR) is 88.0 cm³/mol. The largest absolute Gasteiger partial charge is 0.478 e. The highest BCUT2D eigenvalue weighted by atomic mass is 16.5. The molecule has 1 aromatic heterocycles. The Morgan fingerprint density at radius 3 is 2.48 bits per heavy atom. The number of fused-ring (bicyclic) bond motifs is 3. The third kappa shape index (κ3) is 2.48. The second-order valence-electron chi connectivity index (χ2n) is 5.79. The molecule has 0 unspecified atom stereocenters. The second-order valence-corrected chi connectivity index (χ2v) is 5.79. The number of aromatic carboxylic acids is 1. The van der Waals surface area contributed by atoms with Crippen LogP contribution in [0.3, 0.4) is 0 Å². The van der Waals surface area contributed by atoms with E-state index in [4.69, 9.17) is 14.3 Å². The molecule has 0 bridgehead atoms. The van der Waals surface area contributed by atoms with Crippen molar-refractivity contribution in [3.63, 3.8) is 0 Å². The molecule has 0 amide bonds. The Balaban J connectivity index is 1.92. The first-order valence-electron chi connectivity index (χ1n) is 7.64. The summed E-state index contributed by atoms with van der Waals surface area (Å²) < 4.78 is 10.7. The van der Waals surface area contributed by atoms with Gasteiger partial charge in [0, 0.05) is 5.92 Å². The minimum atomic E-state index is -1.04. The normalized spacial score (nSPS) is 16.3. The van der Waals surface area contributed by atoms with E-state index in [0.29, 0.717) is 16.5 Å². The first-order chi connectivity index (χ1) is 12.0. The van der Waals surface area contributed by atoms with Crippen LogP contribution in [0.2, 0.25) is 0 Å². The molecule has 0 radical (unpaired) electrons. The highest BCUT2D eigenvalue weighted by Gasteiger charge is 2.33. The Kier molecular flexibility index (Phi) is 3.39. The van der Waals surface area contributed by atoms with Gasteiger partial charge in [-0.3, -0.25) is 4.79 Å². The maximum atomic E-state index is 12.5. The fraction of sp³-hybridized carbons (Fsp3) is 0.105. The zero-order valence-electron chi connectivity index (χ0n) is 12.9. The smallest absolute Gasteiger partial charge is 0.343 e. The van der Waals surface area contributed by atoms with Crippen LogP contribution in [0.15, 0.2) is 57.7 Å². The number of carboxylic acid groups (broad SMARTS) is 1. The van der Waals surface area contributed by atoms with Crippen molar-refractivity contribution in [2.45, 2.75) is 12.3 Å². The molecular weight excluding hydrogens is 324 g/mol. The molecule has 2 aromatic carbocycles. The number of ether oxygens (including phenoxy) is 1. The van der Waals surface area contributed by atoms with Crippen LogP contribution >= 0.6 is 0 Å². The molecule has 3 aromatic rings. The molecule has 2 heterocycles. The Labute approximate surface area is 141 Å². The highest BCUT2D eigenvalue weighted by Crippen LogP contribution is 2.40. The van der Waals surface area contributed by atoms with Gasteiger partial charge in [0.15, 0.2) is 5.75 Å². The van der Waals surface area contributed by atoms with Gasteiger partial charge in [0.2, 0.25) is 0 Å². The first kappa shape index (κ1) is 15.1. The predicted octanol–water partition coefficient (Wildman–Crippen LogP) is 2.93. The molecular formula is C19H12O6. The fourth-order valence-electron chi connectivity index (χ4n) is 3.11. The standard InChI is InChI=1S/C19H12O6/c20-15-9-13(10-5-7-11(8-6-10)18(21)22)16-17(25-15)12-3-1-2-4-14(12)24-19(16)23/h1-8,13H,9H2,(H,21,22)/t13-/m0/s1. The van der Waals surface area contributed by atoms with Gasteiger partial charge in [0.1, 0.15) is 5.58 Å². The molecule has 25 heavy (non-hydrogen) atoms. The minimum absolute atomic E-state index is 0.0114. The van der Waals surface area contributed by atoms with E-state index in [1.807, 2.05) is 0 Å².